The van der Waals surface area contributed by atoms with Crippen LogP contribution in [0.2, 0.25) is 5.31 Å². The molecule has 0 radical (unpaired) electrons. The molecule has 2 heterocycles. The summed E-state index contributed by atoms with van der Waals surface area (Å²) in [5.74, 6) is 0. The molecule has 0 bridgehead atoms. The predicted octanol–water partition coefficient (Wildman–Crippen LogP) is 5.30. The Morgan fingerprint density at radius 1 is 0.769 bits per heavy atom. The van der Waals surface area contributed by atoms with E-state index in [2.05, 4.69) is 140 Å². The van der Waals surface area contributed by atoms with Gasteiger partial charge in [-0.1, -0.05) is 0 Å². The summed E-state index contributed by atoms with van der Waals surface area (Å²) in [4.78, 5) is 0. The van der Waals surface area contributed by atoms with Gasteiger partial charge in [0.15, 0.2) is 0 Å². The zero-order valence-electron chi connectivity index (χ0n) is 25.6. The van der Waals surface area contributed by atoms with Crippen molar-refractivity contribution in [2.75, 3.05) is 0 Å². The first kappa shape index (κ1) is 28.6. The van der Waals surface area contributed by atoms with Crippen molar-refractivity contribution in [2.24, 2.45) is 14.1 Å². The van der Waals surface area contributed by atoms with Crippen molar-refractivity contribution >= 4 is 48.5 Å². The van der Waals surface area contributed by atoms with Crippen LogP contribution in [0.5, 0.6) is 0 Å². The molecule has 1 aliphatic rings. The molecule has 202 valence electrons. The molecule has 0 aliphatic carbocycles. The number of rotatable bonds is 4. The maximum absolute atomic E-state index is 2.50. The molecule has 0 unspecified atom stereocenters. The number of nitrogens with zero attached hydrogens (tertiary/aromatic N) is 2. The van der Waals surface area contributed by atoms with E-state index in [0.29, 0.717) is 33.6 Å². The Balaban J connectivity index is 1.77. The molecule has 39 heavy (non-hydrogen) atoms. The topological polar surface area (TPSA) is 8.81 Å². The van der Waals surface area contributed by atoms with Crippen molar-refractivity contribution in [3.8, 4) is 22.3 Å². The van der Waals surface area contributed by atoms with E-state index in [9.17, 15) is 0 Å². The van der Waals surface area contributed by atoms with E-state index in [1.165, 1.54) is 55.6 Å². The molecule has 0 atom stereocenters. The average molecular weight is 646 g/mol. The van der Waals surface area contributed by atoms with Gasteiger partial charge in [-0.15, -0.1) is 0 Å². The van der Waals surface area contributed by atoms with Gasteiger partial charge in [0.25, 0.3) is 0 Å². The summed E-state index contributed by atoms with van der Waals surface area (Å²) in [6, 6.07) is 16.6. The Morgan fingerprint density at radius 2 is 1.21 bits per heavy atom. The number of imidazole rings is 1. The molecule has 6 heteroatoms. The van der Waals surface area contributed by atoms with Gasteiger partial charge in [0.2, 0.25) is 0 Å². The molecule has 2 nitrogen and oxygen atoms in total. The van der Waals surface area contributed by atoms with Crippen molar-refractivity contribution < 1.29 is 4.57 Å². The maximum atomic E-state index is 2.50. The normalized spacial score (nSPS) is 15.0. The van der Waals surface area contributed by atoms with E-state index >= 15 is 0 Å². The van der Waals surface area contributed by atoms with E-state index in [4.69, 9.17) is 0 Å². The third-order valence-electron chi connectivity index (χ3n) is 8.58. The van der Waals surface area contributed by atoms with Crippen LogP contribution < -0.4 is 15.8 Å². The summed E-state index contributed by atoms with van der Waals surface area (Å²) < 4.78 is 4.86. The zero-order chi connectivity index (χ0) is 28.4. The molecule has 1 fully saturated rings. The molecule has 1 saturated heterocycles. The SMILES string of the molecule is Cc1cc(C)c(-c2cccc(-c3c(C)cc(C)cc3C)c2B2[Se][B-](c3n(C)cc[n+]3C)(C(C)(C)C)[Se]2)c(C)c1. The van der Waals surface area contributed by atoms with Crippen LogP contribution in [-0.4, -0.2) is 41.9 Å². The third-order valence-corrected chi connectivity index (χ3v) is 20.9. The summed E-state index contributed by atoms with van der Waals surface area (Å²) in [7, 11) is 4.50. The molecule has 0 saturated carbocycles. The Bertz CT molecular complexity index is 1450. The molecule has 4 aromatic rings. The summed E-state index contributed by atoms with van der Waals surface area (Å²) in [5, 5.41) is 0.265. The fourth-order valence-electron chi connectivity index (χ4n) is 7.01. The molecular formula is C33H42B2N2Se2. The van der Waals surface area contributed by atoms with Gasteiger partial charge in [-0.05, 0) is 0 Å². The molecule has 5 rings (SSSR count). The number of hydrogen-bond donors (Lipinski definition) is 0. The number of aryl methyl sites for hydroxylation is 8. The van der Waals surface area contributed by atoms with E-state index in [-0.39, 0.29) is 5.31 Å². The predicted molar refractivity (Wildman–Crippen MR) is 174 cm³/mol. The molecule has 0 N–H and O–H groups in total. The van der Waals surface area contributed by atoms with Gasteiger partial charge in [-0.25, -0.2) is 0 Å². The van der Waals surface area contributed by atoms with Crippen molar-refractivity contribution in [1.82, 2.24) is 4.57 Å². The molecule has 1 aliphatic heterocycles. The minimum atomic E-state index is -0.621. The third kappa shape index (κ3) is 4.72. The van der Waals surface area contributed by atoms with Gasteiger partial charge >= 0.3 is 250 Å². The number of aromatic nitrogens is 2. The van der Waals surface area contributed by atoms with Crippen molar-refractivity contribution in [2.45, 2.75) is 67.6 Å². The summed E-state index contributed by atoms with van der Waals surface area (Å²) >= 11 is 0.956. The first-order valence-corrected chi connectivity index (χ1v) is 18.0. The molecule has 0 spiro atoms. The van der Waals surface area contributed by atoms with Crippen LogP contribution >= 0.6 is 0 Å². The zero-order valence-corrected chi connectivity index (χ0v) is 29.0. The van der Waals surface area contributed by atoms with E-state index in [1.54, 1.807) is 11.2 Å². The van der Waals surface area contributed by atoms with E-state index in [1.807, 2.05) is 0 Å². The van der Waals surface area contributed by atoms with Gasteiger partial charge < -0.3 is 0 Å². The molecular weight excluding hydrogens is 604 g/mol. The van der Waals surface area contributed by atoms with Crippen LogP contribution in [0.3, 0.4) is 0 Å². The van der Waals surface area contributed by atoms with Crippen LogP contribution in [0.4, 0.5) is 0 Å². The Kier molecular flexibility index (Phi) is 7.43. The van der Waals surface area contributed by atoms with Crippen LogP contribution in [0.25, 0.3) is 22.3 Å². The standard InChI is InChI=1S/C33H42B2N2Se2/c1-21-17-23(3)29(24(4)18-21)27-13-12-14-28(30-25(5)19-22(2)20-26(30)6)31(27)34-38-35(39-34,33(7,8)9)32-36(10)15-16-37(32)11/h12-20H,1-11H3. The first-order chi connectivity index (χ1) is 18.2. The fourth-order valence-corrected chi connectivity index (χ4v) is 18.6. The minimum absolute atomic E-state index is 0.265. The second kappa shape index (κ2) is 10.1. The molecule has 0 amide bonds. The summed E-state index contributed by atoms with van der Waals surface area (Å²) in [6.07, 6.45) is 4.50. The van der Waals surface area contributed by atoms with Crippen LogP contribution in [0, 0.1) is 41.5 Å². The average Bonchev–Trinajstić information content (AvgIpc) is 3.10. The van der Waals surface area contributed by atoms with Crippen LogP contribution in [0.1, 0.15) is 54.2 Å². The quantitative estimate of drug-likeness (QED) is 0.211. The Labute approximate surface area is 248 Å². The Hall–Kier alpha value is -1.96. The monoisotopic (exact) mass is 648 g/mol. The second-order valence-electron chi connectivity index (χ2n) is 12.9. The first-order valence-electron chi connectivity index (χ1n) is 14.1. The Morgan fingerprint density at radius 3 is 1.56 bits per heavy atom. The fraction of sp³-hybridized carbons (Fsp3) is 0.364. The van der Waals surface area contributed by atoms with Gasteiger partial charge in [0.1, 0.15) is 0 Å². The molecule has 3 aromatic carbocycles. The summed E-state index contributed by atoms with van der Waals surface area (Å²) in [5.41, 5.74) is 17.2. The van der Waals surface area contributed by atoms with Crippen molar-refractivity contribution in [1.29, 1.82) is 0 Å². The number of benzene rings is 3. The number of hydrogen-bond acceptors (Lipinski definition) is 0. The van der Waals surface area contributed by atoms with Gasteiger partial charge in [-0.2, -0.15) is 0 Å². The second-order valence-corrected chi connectivity index (χ2v) is 22.0. The van der Waals surface area contributed by atoms with Gasteiger partial charge in [0, 0.05) is 0 Å². The van der Waals surface area contributed by atoms with E-state index in [0.717, 1.165) is 0 Å². The summed E-state index contributed by atoms with van der Waals surface area (Å²) in [6.45, 7) is 21.1. The van der Waals surface area contributed by atoms with Crippen molar-refractivity contribution in [3.63, 3.8) is 0 Å². The van der Waals surface area contributed by atoms with E-state index < -0.39 is 3.77 Å². The van der Waals surface area contributed by atoms with Gasteiger partial charge in [-0.3, -0.25) is 0 Å². The van der Waals surface area contributed by atoms with Crippen molar-refractivity contribution in [3.05, 3.63) is 88.2 Å². The van der Waals surface area contributed by atoms with Gasteiger partial charge in [0.05, 0.1) is 0 Å². The van der Waals surface area contributed by atoms with Crippen LogP contribution in [-0.2, 0) is 14.1 Å². The molecule has 1 aromatic heterocycles. The van der Waals surface area contributed by atoms with Crippen LogP contribution in [0.15, 0.2) is 54.9 Å².